The van der Waals surface area contributed by atoms with Crippen LogP contribution in [0.1, 0.15) is 68.7 Å². The van der Waals surface area contributed by atoms with E-state index in [9.17, 15) is 9.59 Å². The van der Waals surface area contributed by atoms with Gasteiger partial charge in [0.1, 0.15) is 11.9 Å². The van der Waals surface area contributed by atoms with Gasteiger partial charge in [-0.1, -0.05) is 55.7 Å². The molecule has 246 valence electrons. The summed E-state index contributed by atoms with van der Waals surface area (Å²) in [4.78, 5) is 26.5. The molecule has 0 unspecified atom stereocenters. The van der Waals surface area contributed by atoms with Crippen molar-refractivity contribution in [1.82, 2.24) is 4.90 Å². The summed E-state index contributed by atoms with van der Waals surface area (Å²) in [6.45, 7) is 7.73. The van der Waals surface area contributed by atoms with Crippen molar-refractivity contribution in [3.05, 3.63) is 89.5 Å². The molecule has 1 saturated heterocycles. The van der Waals surface area contributed by atoms with Gasteiger partial charge in [0.15, 0.2) is 0 Å². The number of anilines is 2. The summed E-state index contributed by atoms with van der Waals surface area (Å²) in [5.74, 6) is 0.187. The number of nitrogens with one attached hydrogen (secondary N) is 2. The highest BCUT2D eigenvalue weighted by molar-refractivity contribution is 5.99. The Morgan fingerprint density at radius 2 is 1.63 bits per heavy atom. The molecule has 2 aliphatic rings. The highest BCUT2D eigenvalue weighted by Gasteiger charge is 2.33. The van der Waals surface area contributed by atoms with Crippen LogP contribution in [0, 0.1) is 0 Å². The number of hydrogen-bond donors (Lipinski definition) is 2. The maximum Gasteiger partial charge on any atom is 0.410 e. The van der Waals surface area contributed by atoms with Gasteiger partial charge in [-0.2, -0.15) is 0 Å². The lowest BCUT2D eigenvalue weighted by molar-refractivity contribution is -0.180. The maximum absolute atomic E-state index is 12.4. The zero-order valence-electron chi connectivity index (χ0n) is 26.8. The topological polar surface area (TPSA) is 108 Å². The van der Waals surface area contributed by atoms with Crippen molar-refractivity contribution in [1.29, 1.82) is 0 Å². The molecule has 2 N–H and O–H groups in total. The van der Waals surface area contributed by atoms with Crippen LogP contribution < -0.4 is 15.4 Å². The van der Waals surface area contributed by atoms with Crippen LogP contribution in [0.2, 0.25) is 0 Å². The standard InChI is InChI=1S/C36H45N3O7/c1-36(2)44-26-29-23-28(16-17-32(29)46-36)33-24-39(35(41)45-33)18-9-4-3-5-10-19-42-20-21-43-25-27-12-11-15-31(22-27)38-34(40)37-30-13-7-6-8-14-30/h6-8,11-17,22-23,33H,3-5,9-10,18-21,24-26H2,1-2H3,(H2,37,38,40)/t33-/m0/s1. The van der Waals surface area contributed by atoms with Gasteiger partial charge in [-0.25, -0.2) is 9.59 Å². The van der Waals surface area contributed by atoms with Gasteiger partial charge in [0, 0.05) is 43.9 Å². The lowest BCUT2D eigenvalue weighted by atomic mass is 10.0. The van der Waals surface area contributed by atoms with Crippen molar-refractivity contribution in [2.45, 2.75) is 71.1 Å². The third-order valence-electron chi connectivity index (χ3n) is 7.85. The Morgan fingerprint density at radius 1 is 0.870 bits per heavy atom. The Morgan fingerprint density at radius 3 is 2.50 bits per heavy atom. The predicted octanol–water partition coefficient (Wildman–Crippen LogP) is 7.65. The molecule has 46 heavy (non-hydrogen) atoms. The molecular formula is C36H45N3O7. The van der Waals surface area contributed by atoms with Gasteiger partial charge in [0.2, 0.25) is 5.79 Å². The largest absolute Gasteiger partial charge is 0.463 e. The minimum absolute atomic E-state index is 0.248. The van der Waals surface area contributed by atoms with E-state index >= 15 is 0 Å². The number of hydrogen-bond acceptors (Lipinski definition) is 7. The van der Waals surface area contributed by atoms with Crippen LogP contribution in [0.5, 0.6) is 5.75 Å². The van der Waals surface area contributed by atoms with Crippen molar-refractivity contribution < 1.29 is 33.3 Å². The number of rotatable bonds is 16. The molecule has 10 nitrogen and oxygen atoms in total. The van der Waals surface area contributed by atoms with Crippen molar-refractivity contribution in [3.8, 4) is 5.75 Å². The first-order chi connectivity index (χ1) is 22.3. The number of cyclic esters (lactones) is 1. The molecule has 10 heteroatoms. The molecule has 3 aromatic carbocycles. The predicted molar refractivity (Wildman–Crippen MR) is 176 cm³/mol. The van der Waals surface area contributed by atoms with Gasteiger partial charge in [0.25, 0.3) is 0 Å². The first kappa shape index (κ1) is 33.2. The maximum atomic E-state index is 12.4. The van der Waals surface area contributed by atoms with Crippen LogP contribution in [0.4, 0.5) is 21.0 Å². The van der Waals surface area contributed by atoms with E-state index in [2.05, 4.69) is 10.6 Å². The summed E-state index contributed by atoms with van der Waals surface area (Å²) < 4.78 is 28.8. The van der Waals surface area contributed by atoms with Gasteiger partial charge in [-0.15, -0.1) is 0 Å². The lowest BCUT2D eigenvalue weighted by Crippen LogP contribution is -2.35. The fourth-order valence-electron chi connectivity index (χ4n) is 5.42. The highest BCUT2D eigenvalue weighted by atomic mass is 16.7. The van der Waals surface area contributed by atoms with E-state index in [0.717, 1.165) is 60.2 Å². The van der Waals surface area contributed by atoms with Crippen LogP contribution in [0.25, 0.3) is 0 Å². The minimum atomic E-state index is -0.632. The number of carbonyl (C=O) groups excluding carboxylic acids is 2. The Kier molecular flexibility index (Phi) is 11.9. The van der Waals surface area contributed by atoms with Gasteiger partial charge in [-0.05, 0) is 60.4 Å². The molecule has 0 spiro atoms. The number of amides is 3. The Labute approximate surface area is 271 Å². The van der Waals surface area contributed by atoms with Crippen molar-refractivity contribution in [3.63, 3.8) is 0 Å². The molecule has 0 radical (unpaired) electrons. The summed E-state index contributed by atoms with van der Waals surface area (Å²) in [6, 6.07) is 22.6. The summed E-state index contributed by atoms with van der Waals surface area (Å²) in [6.07, 6.45) is 4.67. The highest BCUT2D eigenvalue weighted by Crippen LogP contribution is 2.35. The SMILES string of the molecule is CC1(C)OCc2cc([C@@H]3CN(CCCCCCCOCCOCc4cccc(NC(=O)Nc5ccccc5)c4)C(=O)O3)ccc2O1. The number of benzene rings is 3. The van der Waals surface area contributed by atoms with Gasteiger partial charge < -0.3 is 39.2 Å². The van der Waals surface area contributed by atoms with Crippen molar-refractivity contribution >= 4 is 23.5 Å². The monoisotopic (exact) mass is 631 g/mol. The van der Waals surface area contributed by atoms with Crippen LogP contribution in [-0.4, -0.2) is 55.7 Å². The van der Waals surface area contributed by atoms with Gasteiger partial charge >= 0.3 is 12.1 Å². The van der Waals surface area contributed by atoms with Gasteiger partial charge in [-0.3, -0.25) is 0 Å². The van der Waals surface area contributed by atoms with E-state index in [-0.39, 0.29) is 18.2 Å². The van der Waals surface area contributed by atoms with E-state index in [1.165, 1.54) is 0 Å². The third-order valence-corrected chi connectivity index (χ3v) is 7.85. The second-order valence-corrected chi connectivity index (χ2v) is 12.1. The normalized spacial score (nSPS) is 16.8. The van der Waals surface area contributed by atoms with Crippen molar-refractivity contribution in [2.24, 2.45) is 0 Å². The van der Waals surface area contributed by atoms with E-state index in [1.54, 1.807) is 4.90 Å². The third kappa shape index (κ3) is 10.2. The Balaban J connectivity index is 0.869. The van der Waals surface area contributed by atoms with Gasteiger partial charge in [0.05, 0.1) is 33.0 Å². The number of ether oxygens (including phenoxy) is 5. The van der Waals surface area contributed by atoms with Crippen LogP contribution in [0.3, 0.4) is 0 Å². The minimum Gasteiger partial charge on any atom is -0.463 e. The lowest BCUT2D eigenvalue weighted by Gasteiger charge is -2.32. The molecule has 0 bridgehead atoms. The van der Waals surface area contributed by atoms with E-state index in [1.807, 2.05) is 86.6 Å². The van der Waals surface area contributed by atoms with Crippen LogP contribution in [0.15, 0.2) is 72.8 Å². The second-order valence-electron chi connectivity index (χ2n) is 12.1. The second kappa shape index (κ2) is 16.4. The molecule has 0 saturated carbocycles. The van der Waals surface area contributed by atoms with E-state index in [4.69, 9.17) is 23.7 Å². The number of carbonyl (C=O) groups is 2. The Hall–Kier alpha value is -4.12. The summed E-state index contributed by atoms with van der Waals surface area (Å²) >= 11 is 0. The average molecular weight is 632 g/mol. The van der Waals surface area contributed by atoms with E-state index in [0.29, 0.717) is 51.8 Å². The Bertz CT molecular complexity index is 1430. The summed E-state index contributed by atoms with van der Waals surface area (Å²) in [7, 11) is 0. The molecule has 0 aliphatic carbocycles. The molecular weight excluding hydrogens is 586 g/mol. The fourth-order valence-corrected chi connectivity index (χ4v) is 5.42. The number of fused-ring (bicyclic) bond motifs is 1. The number of urea groups is 1. The molecule has 2 aliphatic heterocycles. The number of nitrogens with zero attached hydrogens (tertiary/aromatic N) is 1. The fraction of sp³-hybridized carbons (Fsp3) is 0.444. The molecule has 1 atom stereocenters. The quantitative estimate of drug-likeness (QED) is 0.156. The van der Waals surface area contributed by atoms with Crippen LogP contribution in [-0.2, 0) is 32.2 Å². The summed E-state index contributed by atoms with van der Waals surface area (Å²) in [5, 5.41) is 5.65. The smallest absolute Gasteiger partial charge is 0.410 e. The van der Waals surface area contributed by atoms with Crippen molar-refractivity contribution in [2.75, 3.05) is 43.5 Å². The molecule has 3 amide bonds. The zero-order chi connectivity index (χ0) is 32.2. The van der Waals surface area contributed by atoms with E-state index < -0.39 is 5.79 Å². The molecule has 5 rings (SSSR count). The molecule has 3 aromatic rings. The molecule has 0 aromatic heterocycles. The molecule has 1 fully saturated rings. The first-order valence-electron chi connectivity index (χ1n) is 16.1. The van der Waals surface area contributed by atoms with Crippen LogP contribution >= 0.6 is 0 Å². The number of para-hydroxylation sites is 1. The molecule has 2 heterocycles. The first-order valence-corrected chi connectivity index (χ1v) is 16.1. The number of unbranched alkanes of at least 4 members (excludes halogenated alkanes) is 4. The zero-order valence-corrected chi connectivity index (χ0v) is 26.8. The summed E-state index contributed by atoms with van der Waals surface area (Å²) in [5.41, 5.74) is 4.36. The average Bonchev–Trinajstić information content (AvgIpc) is 3.41.